The number of carbonyl (C=O) groups is 1. The first-order valence-corrected chi connectivity index (χ1v) is 4.62. The molecule has 0 saturated carbocycles. The molecule has 0 bridgehead atoms. The zero-order valence-electron chi connectivity index (χ0n) is 8.21. The van der Waals surface area contributed by atoms with Crippen molar-refractivity contribution in [3.8, 4) is 0 Å². The second kappa shape index (κ2) is 5.32. The number of rotatable bonds is 5. The first kappa shape index (κ1) is 10.6. The molecule has 1 saturated heterocycles. The van der Waals surface area contributed by atoms with Crippen molar-refractivity contribution in [3.63, 3.8) is 0 Å². The van der Waals surface area contributed by atoms with Gasteiger partial charge in [-0.1, -0.05) is 6.92 Å². The molecule has 0 amide bonds. The van der Waals surface area contributed by atoms with Crippen LogP contribution in [0.15, 0.2) is 0 Å². The monoisotopic (exact) mass is 187 g/mol. The van der Waals surface area contributed by atoms with Gasteiger partial charge in [0.15, 0.2) is 5.78 Å². The van der Waals surface area contributed by atoms with Gasteiger partial charge in [-0.2, -0.15) is 0 Å². The molecule has 0 aromatic rings. The standard InChI is InChI=1S/C9H17NO3/c1-3-10-8-5-13-4-7(8)9(11)6-12-2/h7-8,10H,3-6H2,1-2H3. The van der Waals surface area contributed by atoms with Gasteiger partial charge in [-0.25, -0.2) is 0 Å². The summed E-state index contributed by atoms with van der Waals surface area (Å²) in [6.07, 6.45) is 0. The smallest absolute Gasteiger partial charge is 0.165 e. The largest absolute Gasteiger partial charge is 0.379 e. The topological polar surface area (TPSA) is 47.6 Å². The van der Waals surface area contributed by atoms with Gasteiger partial charge in [0.2, 0.25) is 0 Å². The Bertz CT molecular complexity index is 172. The molecule has 13 heavy (non-hydrogen) atoms. The molecule has 76 valence electrons. The number of Topliss-reactive ketones (excluding diaryl/α,β-unsaturated/α-hetero) is 1. The molecule has 1 N–H and O–H groups in total. The van der Waals surface area contributed by atoms with Gasteiger partial charge in [0.05, 0.1) is 19.1 Å². The Morgan fingerprint density at radius 2 is 2.38 bits per heavy atom. The zero-order chi connectivity index (χ0) is 9.68. The molecule has 0 aromatic heterocycles. The third-order valence-electron chi connectivity index (χ3n) is 2.25. The Morgan fingerprint density at radius 3 is 3.00 bits per heavy atom. The molecule has 1 aliphatic rings. The van der Waals surface area contributed by atoms with Crippen molar-refractivity contribution in [3.05, 3.63) is 0 Å². The van der Waals surface area contributed by atoms with E-state index in [1.807, 2.05) is 6.92 Å². The number of hydrogen-bond donors (Lipinski definition) is 1. The van der Waals surface area contributed by atoms with Crippen LogP contribution >= 0.6 is 0 Å². The summed E-state index contributed by atoms with van der Waals surface area (Å²) in [6, 6.07) is 0.174. The molecule has 0 radical (unpaired) electrons. The van der Waals surface area contributed by atoms with Crippen molar-refractivity contribution >= 4 is 5.78 Å². The average molecular weight is 187 g/mol. The second-order valence-electron chi connectivity index (χ2n) is 3.21. The molecule has 1 aliphatic heterocycles. The summed E-state index contributed by atoms with van der Waals surface area (Å²) in [6.45, 7) is 4.24. The first-order valence-electron chi connectivity index (χ1n) is 4.62. The van der Waals surface area contributed by atoms with Crippen LogP contribution in [0.4, 0.5) is 0 Å². The summed E-state index contributed by atoms with van der Waals surface area (Å²) < 4.78 is 10.1. The summed E-state index contributed by atoms with van der Waals surface area (Å²) in [5, 5.41) is 3.23. The fourth-order valence-corrected chi connectivity index (χ4v) is 1.58. The molecule has 2 atom stereocenters. The lowest BCUT2D eigenvalue weighted by atomic mass is 9.99. The molecule has 2 unspecified atom stereocenters. The van der Waals surface area contributed by atoms with E-state index in [2.05, 4.69) is 5.32 Å². The van der Waals surface area contributed by atoms with E-state index < -0.39 is 0 Å². The predicted molar refractivity (Wildman–Crippen MR) is 48.7 cm³/mol. The van der Waals surface area contributed by atoms with Crippen LogP contribution in [0.3, 0.4) is 0 Å². The van der Waals surface area contributed by atoms with Crippen LogP contribution < -0.4 is 5.32 Å². The lowest BCUT2D eigenvalue weighted by molar-refractivity contribution is -0.127. The number of methoxy groups -OCH3 is 1. The maximum absolute atomic E-state index is 11.5. The van der Waals surface area contributed by atoms with Gasteiger partial charge in [0.1, 0.15) is 6.61 Å². The Balaban J connectivity index is 2.42. The van der Waals surface area contributed by atoms with Crippen LogP contribution in [0.2, 0.25) is 0 Å². The number of carbonyl (C=O) groups excluding carboxylic acids is 1. The number of likely N-dealkylation sites (N-methyl/N-ethyl adjacent to an activating group) is 1. The number of ether oxygens (including phenoxy) is 2. The minimum Gasteiger partial charge on any atom is -0.379 e. The summed E-state index contributed by atoms with van der Waals surface area (Å²) >= 11 is 0. The summed E-state index contributed by atoms with van der Waals surface area (Å²) in [4.78, 5) is 11.5. The average Bonchev–Trinajstić information content (AvgIpc) is 2.54. The van der Waals surface area contributed by atoms with E-state index in [-0.39, 0.29) is 24.3 Å². The van der Waals surface area contributed by atoms with Crippen molar-refractivity contribution in [2.24, 2.45) is 5.92 Å². The van der Waals surface area contributed by atoms with E-state index >= 15 is 0 Å². The predicted octanol–water partition coefficient (Wildman–Crippen LogP) is -0.174. The van der Waals surface area contributed by atoms with Crippen LogP contribution in [-0.4, -0.2) is 45.3 Å². The summed E-state index contributed by atoms with van der Waals surface area (Å²) in [7, 11) is 1.54. The van der Waals surface area contributed by atoms with E-state index in [1.165, 1.54) is 7.11 Å². The lowest BCUT2D eigenvalue weighted by Crippen LogP contribution is -2.40. The highest BCUT2D eigenvalue weighted by molar-refractivity contribution is 5.83. The highest BCUT2D eigenvalue weighted by Gasteiger charge is 2.32. The van der Waals surface area contributed by atoms with Gasteiger partial charge >= 0.3 is 0 Å². The van der Waals surface area contributed by atoms with Gasteiger partial charge in [0, 0.05) is 13.2 Å². The third kappa shape index (κ3) is 2.76. The van der Waals surface area contributed by atoms with Crippen LogP contribution in [0, 0.1) is 5.92 Å². The molecular formula is C9H17NO3. The van der Waals surface area contributed by atoms with Gasteiger partial charge in [-0.05, 0) is 6.54 Å². The second-order valence-corrected chi connectivity index (χ2v) is 3.21. The van der Waals surface area contributed by atoms with Crippen molar-refractivity contribution in [2.45, 2.75) is 13.0 Å². The minimum absolute atomic E-state index is 0.0279. The molecule has 0 spiro atoms. The normalized spacial score (nSPS) is 27.8. The first-order chi connectivity index (χ1) is 6.29. The fourth-order valence-electron chi connectivity index (χ4n) is 1.58. The molecule has 1 fully saturated rings. The van der Waals surface area contributed by atoms with Crippen LogP contribution in [0.1, 0.15) is 6.92 Å². The molecule has 0 aromatic carbocycles. The van der Waals surface area contributed by atoms with E-state index in [0.29, 0.717) is 13.2 Å². The maximum atomic E-state index is 11.5. The van der Waals surface area contributed by atoms with Crippen molar-refractivity contribution < 1.29 is 14.3 Å². The molecule has 4 heteroatoms. The summed E-state index contributed by atoms with van der Waals surface area (Å²) in [5.41, 5.74) is 0. The molecule has 0 aliphatic carbocycles. The fraction of sp³-hybridized carbons (Fsp3) is 0.889. The highest BCUT2D eigenvalue weighted by atomic mass is 16.5. The van der Waals surface area contributed by atoms with Crippen LogP contribution in [-0.2, 0) is 14.3 Å². The van der Waals surface area contributed by atoms with Crippen molar-refractivity contribution in [1.29, 1.82) is 0 Å². The van der Waals surface area contributed by atoms with Crippen LogP contribution in [0.25, 0.3) is 0 Å². The lowest BCUT2D eigenvalue weighted by Gasteiger charge is -2.16. The van der Waals surface area contributed by atoms with Gasteiger partial charge < -0.3 is 14.8 Å². The van der Waals surface area contributed by atoms with Gasteiger partial charge in [-0.15, -0.1) is 0 Å². The number of hydrogen-bond acceptors (Lipinski definition) is 4. The third-order valence-corrected chi connectivity index (χ3v) is 2.25. The Labute approximate surface area is 78.6 Å². The highest BCUT2D eigenvalue weighted by Crippen LogP contribution is 2.14. The number of nitrogens with one attached hydrogen (secondary N) is 1. The van der Waals surface area contributed by atoms with Gasteiger partial charge in [0.25, 0.3) is 0 Å². The Morgan fingerprint density at radius 1 is 1.62 bits per heavy atom. The van der Waals surface area contributed by atoms with E-state index in [4.69, 9.17) is 9.47 Å². The van der Waals surface area contributed by atoms with Gasteiger partial charge in [-0.3, -0.25) is 4.79 Å². The number of ketones is 1. The van der Waals surface area contributed by atoms with Crippen LogP contribution in [0.5, 0.6) is 0 Å². The zero-order valence-corrected chi connectivity index (χ0v) is 8.21. The van der Waals surface area contributed by atoms with Crippen molar-refractivity contribution in [1.82, 2.24) is 5.32 Å². The molecule has 1 heterocycles. The quantitative estimate of drug-likeness (QED) is 0.649. The SMILES string of the molecule is CCNC1COCC1C(=O)COC. The molecule has 1 rings (SSSR count). The summed E-state index contributed by atoms with van der Waals surface area (Å²) in [5.74, 6) is 0.103. The van der Waals surface area contributed by atoms with E-state index in [1.54, 1.807) is 0 Å². The molecule has 4 nitrogen and oxygen atoms in total. The van der Waals surface area contributed by atoms with E-state index in [0.717, 1.165) is 6.54 Å². The maximum Gasteiger partial charge on any atom is 0.165 e. The molecular weight excluding hydrogens is 170 g/mol. The van der Waals surface area contributed by atoms with E-state index in [9.17, 15) is 4.79 Å². The Kier molecular flexibility index (Phi) is 4.35. The minimum atomic E-state index is -0.0279. The Hall–Kier alpha value is -0.450. The van der Waals surface area contributed by atoms with Crippen molar-refractivity contribution in [2.75, 3.05) is 33.5 Å².